The predicted octanol–water partition coefficient (Wildman–Crippen LogP) is 2.35. The maximum atomic E-state index is 11.6. The van der Waals surface area contributed by atoms with Gasteiger partial charge in [0, 0.05) is 31.1 Å². The van der Waals surface area contributed by atoms with E-state index >= 15 is 0 Å². The van der Waals surface area contributed by atoms with Gasteiger partial charge >= 0.3 is 6.09 Å². The van der Waals surface area contributed by atoms with Crippen LogP contribution in [-0.4, -0.2) is 54.9 Å². The second-order valence-electron chi connectivity index (χ2n) is 7.83. The number of nitro groups is 1. The average Bonchev–Trinajstić information content (AvgIpc) is 3.16. The summed E-state index contributed by atoms with van der Waals surface area (Å²) in [4.78, 5) is 34.2. The maximum absolute atomic E-state index is 11.6. The molecule has 11 nitrogen and oxygen atoms in total. The number of nitrogens with zero attached hydrogens (tertiary/aromatic N) is 1. The Kier molecular flexibility index (Phi) is 8.20. The van der Waals surface area contributed by atoms with Crippen LogP contribution in [0, 0.1) is 10.1 Å². The van der Waals surface area contributed by atoms with Crippen molar-refractivity contribution < 1.29 is 28.7 Å². The minimum atomic E-state index is -0.796. The number of rotatable bonds is 9. The molecule has 0 bridgehead atoms. The Bertz CT molecular complexity index is 843. The van der Waals surface area contributed by atoms with Crippen molar-refractivity contribution in [2.24, 2.45) is 5.73 Å². The van der Waals surface area contributed by atoms with E-state index in [1.807, 2.05) is 0 Å². The van der Waals surface area contributed by atoms with E-state index in [4.69, 9.17) is 19.9 Å². The summed E-state index contributed by atoms with van der Waals surface area (Å²) in [5.74, 6) is -0.644. The van der Waals surface area contributed by atoms with Gasteiger partial charge < -0.3 is 30.6 Å². The number of amides is 2. The van der Waals surface area contributed by atoms with Gasteiger partial charge in [-0.25, -0.2) is 4.79 Å². The summed E-state index contributed by atoms with van der Waals surface area (Å²) in [7, 11) is 0. The number of carbonyl (C=O) groups is 2. The first-order valence-electron chi connectivity index (χ1n) is 9.79. The van der Waals surface area contributed by atoms with Gasteiger partial charge in [-0.3, -0.25) is 14.9 Å². The average molecular weight is 436 g/mol. The van der Waals surface area contributed by atoms with E-state index in [0.29, 0.717) is 19.6 Å². The number of carbonyl (C=O) groups excluding carboxylic acids is 2. The highest BCUT2D eigenvalue weighted by Crippen LogP contribution is 2.37. The molecule has 1 aromatic carbocycles. The van der Waals surface area contributed by atoms with E-state index < -0.39 is 22.5 Å². The Morgan fingerprint density at radius 3 is 2.61 bits per heavy atom. The van der Waals surface area contributed by atoms with Gasteiger partial charge in [0.25, 0.3) is 5.69 Å². The van der Waals surface area contributed by atoms with Crippen LogP contribution >= 0.6 is 0 Å². The third-order valence-electron chi connectivity index (χ3n) is 4.07. The zero-order valence-electron chi connectivity index (χ0n) is 17.8. The van der Waals surface area contributed by atoms with Crippen LogP contribution in [0.3, 0.4) is 0 Å². The monoisotopic (exact) mass is 436 g/mol. The minimum Gasteiger partial charge on any atom is -0.485 e. The highest BCUT2D eigenvalue weighted by Gasteiger charge is 2.25. The Labute approximate surface area is 180 Å². The molecule has 2 amide bonds. The molecule has 1 atom stereocenters. The fourth-order valence-electron chi connectivity index (χ4n) is 2.73. The van der Waals surface area contributed by atoms with Gasteiger partial charge in [-0.05, 0) is 26.8 Å². The molecule has 0 aliphatic carbocycles. The molecule has 1 saturated heterocycles. The third-order valence-corrected chi connectivity index (χ3v) is 4.07. The van der Waals surface area contributed by atoms with Crippen LogP contribution in [0.15, 0.2) is 24.3 Å². The number of nitro benzene ring substituents is 1. The molecule has 0 aromatic heterocycles. The zero-order chi connectivity index (χ0) is 23.0. The Balaban J connectivity index is 2.08. The zero-order valence-corrected chi connectivity index (χ0v) is 17.8. The van der Waals surface area contributed by atoms with Crippen LogP contribution in [-0.2, 0) is 9.47 Å². The largest absolute Gasteiger partial charge is 0.485 e. The fraction of sp³-hybridized carbons (Fsp3) is 0.500. The summed E-state index contributed by atoms with van der Waals surface area (Å²) in [5, 5.41) is 17.1. The van der Waals surface area contributed by atoms with Crippen LogP contribution < -0.4 is 21.1 Å². The van der Waals surface area contributed by atoms with E-state index in [-0.39, 0.29) is 41.9 Å². The fourth-order valence-corrected chi connectivity index (χ4v) is 2.73. The van der Waals surface area contributed by atoms with Crippen LogP contribution in [0.5, 0.6) is 5.75 Å². The third kappa shape index (κ3) is 7.78. The minimum absolute atomic E-state index is 0.0248. The number of nitrogens with two attached hydrogens (primary N) is 1. The lowest BCUT2D eigenvalue weighted by Gasteiger charge is -2.19. The SMILES string of the molecule is CC(C)(C)OC(=O)NC/C=C/CNc1c(O[C@H]2CCOC2)cc(C(N)=O)cc1[N+](=O)[O-]. The van der Waals surface area contributed by atoms with E-state index in [0.717, 1.165) is 6.07 Å². The number of anilines is 1. The van der Waals surface area contributed by atoms with Crippen LogP contribution in [0.25, 0.3) is 0 Å². The van der Waals surface area contributed by atoms with Crippen molar-refractivity contribution in [2.45, 2.75) is 38.9 Å². The molecule has 1 aliphatic rings. The molecule has 1 aromatic rings. The summed E-state index contributed by atoms with van der Waals surface area (Å²) in [6.45, 7) is 6.61. The molecule has 4 N–H and O–H groups in total. The van der Waals surface area contributed by atoms with Crippen molar-refractivity contribution in [3.63, 3.8) is 0 Å². The summed E-state index contributed by atoms with van der Waals surface area (Å²) in [6.07, 6.45) is 3.16. The summed E-state index contributed by atoms with van der Waals surface area (Å²) in [5.41, 5.74) is 4.50. The van der Waals surface area contributed by atoms with Crippen molar-refractivity contribution in [3.05, 3.63) is 40.0 Å². The first-order valence-corrected chi connectivity index (χ1v) is 9.79. The van der Waals surface area contributed by atoms with Gasteiger partial charge in [-0.1, -0.05) is 12.2 Å². The van der Waals surface area contributed by atoms with Gasteiger partial charge in [0.2, 0.25) is 5.91 Å². The molecule has 0 unspecified atom stereocenters. The second kappa shape index (κ2) is 10.6. The molecule has 170 valence electrons. The number of benzene rings is 1. The van der Waals surface area contributed by atoms with Gasteiger partial charge in [-0.2, -0.15) is 0 Å². The Hall–Kier alpha value is -3.34. The van der Waals surface area contributed by atoms with Crippen LogP contribution in [0.2, 0.25) is 0 Å². The molecule has 1 fully saturated rings. The summed E-state index contributed by atoms with van der Waals surface area (Å²) >= 11 is 0. The number of alkyl carbamates (subject to hydrolysis) is 1. The van der Waals surface area contributed by atoms with Crippen molar-refractivity contribution in [2.75, 3.05) is 31.6 Å². The first-order chi connectivity index (χ1) is 14.6. The number of hydrogen-bond acceptors (Lipinski definition) is 8. The lowest BCUT2D eigenvalue weighted by Crippen LogP contribution is -2.32. The van der Waals surface area contributed by atoms with Crippen molar-refractivity contribution in [1.29, 1.82) is 0 Å². The smallest absolute Gasteiger partial charge is 0.407 e. The molecule has 0 radical (unpaired) electrons. The molecular weight excluding hydrogens is 408 g/mol. The molecule has 11 heteroatoms. The molecule has 2 rings (SSSR count). The Morgan fingerprint density at radius 2 is 2.03 bits per heavy atom. The van der Waals surface area contributed by atoms with Crippen molar-refractivity contribution in [3.8, 4) is 5.75 Å². The number of ether oxygens (including phenoxy) is 3. The van der Waals surface area contributed by atoms with Gasteiger partial charge in [-0.15, -0.1) is 0 Å². The first kappa shape index (κ1) is 23.9. The van der Waals surface area contributed by atoms with Gasteiger partial charge in [0.1, 0.15) is 11.7 Å². The molecule has 1 heterocycles. The Morgan fingerprint density at radius 1 is 1.32 bits per heavy atom. The summed E-state index contributed by atoms with van der Waals surface area (Å²) in [6, 6.07) is 2.49. The summed E-state index contributed by atoms with van der Waals surface area (Å²) < 4.78 is 16.2. The molecule has 0 saturated carbocycles. The number of hydrogen-bond donors (Lipinski definition) is 3. The van der Waals surface area contributed by atoms with Crippen LogP contribution in [0.4, 0.5) is 16.2 Å². The van der Waals surface area contributed by atoms with E-state index in [2.05, 4.69) is 10.6 Å². The van der Waals surface area contributed by atoms with Crippen molar-refractivity contribution in [1.82, 2.24) is 5.32 Å². The highest BCUT2D eigenvalue weighted by atomic mass is 16.6. The standard InChI is InChI=1S/C20H28N4O7/c1-20(2,3)31-19(26)23-8-5-4-7-22-17-15(24(27)28)10-13(18(21)25)11-16(17)30-14-6-9-29-12-14/h4-5,10-11,14,22H,6-9,12H2,1-3H3,(H2,21,25)(H,23,26)/b5-4+/t14-/m0/s1. The van der Waals surface area contributed by atoms with E-state index in [1.54, 1.807) is 32.9 Å². The lowest BCUT2D eigenvalue weighted by atomic mass is 10.1. The number of primary amides is 1. The van der Waals surface area contributed by atoms with Gasteiger partial charge in [0.15, 0.2) is 11.4 Å². The highest BCUT2D eigenvalue weighted by molar-refractivity contribution is 5.95. The molecule has 1 aliphatic heterocycles. The van der Waals surface area contributed by atoms with Gasteiger partial charge in [0.05, 0.1) is 18.1 Å². The lowest BCUT2D eigenvalue weighted by molar-refractivity contribution is -0.384. The van der Waals surface area contributed by atoms with Crippen LogP contribution in [0.1, 0.15) is 37.6 Å². The normalized spacial score (nSPS) is 16.2. The van der Waals surface area contributed by atoms with E-state index in [9.17, 15) is 19.7 Å². The molecule has 0 spiro atoms. The van der Waals surface area contributed by atoms with Crippen molar-refractivity contribution >= 4 is 23.4 Å². The maximum Gasteiger partial charge on any atom is 0.407 e. The topological polar surface area (TPSA) is 155 Å². The van der Waals surface area contributed by atoms with E-state index in [1.165, 1.54) is 6.07 Å². The molecular formula is C20H28N4O7. The predicted molar refractivity (Wildman–Crippen MR) is 113 cm³/mol. The second-order valence-corrected chi connectivity index (χ2v) is 7.83. The quantitative estimate of drug-likeness (QED) is 0.303. The molecule has 31 heavy (non-hydrogen) atoms. The number of nitrogens with one attached hydrogen (secondary N) is 2.